The molecule has 3 rings (SSSR count). The molecule has 1 atom stereocenters. The molecule has 0 fully saturated rings. The lowest BCUT2D eigenvalue weighted by atomic mass is 9.98. The zero-order valence-corrected chi connectivity index (χ0v) is 9.74. The summed E-state index contributed by atoms with van der Waals surface area (Å²) in [5, 5.41) is 1.41. The minimum Gasteiger partial charge on any atom is -0.344 e. The molecule has 2 nitrogen and oxygen atoms in total. The van der Waals surface area contributed by atoms with Crippen molar-refractivity contribution >= 4 is 10.9 Å². The number of benzene rings is 1. The van der Waals surface area contributed by atoms with Crippen LogP contribution in [0.4, 0.5) is 0 Å². The summed E-state index contributed by atoms with van der Waals surface area (Å²) in [4.78, 5) is 0. The van der Waals surface area contributed by atoms with E-state index in [1.807, 2.05) is 0 Å². The molecular weight excluding hydrogens is 196 g/mol. The summed E-state index contributed by atoms with van der Waals surface area (Å²) in [5.41, 5.74) is 10.0. The molecule has 2 heterocycles. The van der Waals surface area contributed by atoms with E-state index < -0.39 is 0 Å². The van der Waals surface area contributed by atoms with Crippen molar-refractivity contribution in [1.82, 2.24) is 4.57 Å². The van der Waals surface area contributed by atoms with Crippen LogP contribution in [0, 0.1) is 12.8 Å². The van der Waals surface area contributed by atoms with Crippen LogP contribution >= 0.6 is 0 Å². The fraction of sp³-hybridized carbons (Fsp3) is 0.429. The molecule has 1 aliphatic rings. The van der Waals surface area contributed by atoms with Crippen molar-refractivity contribution in [1.29, 1.82) is 0 Å². The second kappa shape index (κ2) is 3.63. The van der Waals surface area contributed by atoms with Gasteiger partial charge in [-0.25, -0.2) is 0 Å². The van der Waals surface area contributed by atoms with Gasteiger partial charge in [0.2, 0.25) is 0 Å². The van der Waals surface area contributed by atoms with Gasteiger partial charge in [0.05, 0.1) is 0 Å². The van der Waals surface area contributed by atoms with E-state index in [1.165, 1.54) is 35.0 Å². The Balaban J connectivity index is 2.18. The highest BCUT2D eigenvalue weighted by atomic mass is 15.0. The van der Waals surface area contributed by atoms with Gasteiger partial charge in [0.1, 0.15) is 0 Å². The second-order valence-electron chi connectivity index (χ2n) is 4.89. The minimum atomic E-state index is 0.656. The average Bonchev–Trinajstić information content (AvgIpc) is 2.68. The lowest BCUT2D eigenvalue weighted by Crippen LogP contribution is -2.25. The summed E-state index contributed by atoms with van der Waals surface area (Å²) >= 11 is 0. The number of nitrogens with zero attached hydrogens (tertiary/aromatic N) is 1. The molecular formula is C14H18N2. The minimum absolute atomic E-state index is 0.656. The highest BCUT2D eigenvalue weighted by molar-refractivity contribution is 5.84. The first-order chi connectivity index (χ1) is 7.79. The van der Waals surface area contributed by atoms with Crippen molar-refractivity contribution in [2.24, 2.45) is 11.7 Å². The van der Waals surface area contributed by atoms with Crippen LogP contribution in [0.25, 0.3) is 10.9 Å². The van der Waals surface area contributed by atoms with E-state index in [0.717, 1.165) is 13.1 Å². The zero-order valence-electron chi connectivity index (χ0n) is 9.74. The van der Waals surface area contributed by atoms with Crippen molar-refractivity contribution in [3.05, 3.63) is 35.5 Å². The zero-order chi connectivity index (χ0) is 11.1. The van der Waals surface area contributed by atoms with Gasteiger partial charge in [-0.15, -0.1) is 0 Å². The maximum absolute atomic E-state index is 5.79. The normalized spacial score (nSPS) is 20.0. The molecule has 0 aliphatic carbocycles. The molecule has 0 amide bonds. The van der Waals surface area contributed by atoms with E-state index in [2.05, 4.69) is 35.8 Å². The van der Waals surface area contributed by atoms with E-state index >= 15 is 0 Å². The summed E-state index contributed by atoms with van der Waals surface area (Å²) in [6, 6.07) is 8.92. The predicted octanol–water partition coefficient (Wildman–Crippen LogP) is 2.47. The van der Waals surface area contributed by atoms with Gasteiger partial charge in [-0.3, -0.25) is 0 Å². The van der Waals surface area contributed by atoms with Crippen LogP contribution in [0.1, 0.15) is 17.7 Å². The average molecular weight is 214 g/mol. The third kappa shape index (κ3) is 1.37. The maximum Gasteiger partial charge on any atom is 0.0485 e. The molecule has 1 unspecified atom stereocenters. The van der Waals surface area contributed by atoms with Crippen molar-refractivity contribution in [3.63, 3.8) is 0 Å². The number of hydrogen-bond donors (Lipinski definition) is 1. The molecule has 1 aromatic carbocycles. The molecule has 0 spiro atoms. The van der Waals surface area contributed by atoms with Crippen molar-refractivity contribution in [2.75, 3.05) is 6.54 Å². The van der Waals surface area contributed by atoms with Crippen LogP contribution in [-0.2, 0) is 13.0 Å². The van der Waals surface area contributed by atoms with Gasteiger partial charge in [0, 0.05) is 23.1 Å². The topological polar surface area (TPSA) is 30.9 Å². The Morgan fingerprint density at radius 3 is 3.12 bits per heavy atom. The molecule has 0 bridgehead atoms. The molecule has 2 N–H and O–H groups in total. The first-order valence-corrected chi connectivity index (χ1v) is 6.07. The predicted molar refractivity (Wildman–Crippen MR) is 67.5 cm³/mol. The van der Waals surface area contributed by atoms with Gasteiger partial charge in [-0.2, -0.15) is 0 Å². The van der Waals surface area contributed by atoms with Gasteiger partial charge < -0.3 is 10.3 Å². The molecule has 2 aromatic rings. The van der Waals surface area contributed by atoms with Crippen molar-refractivity contribution in [3.8, 4) is 0 Å². The Hall–Kier alpha value is -1.28. The standard InChI is InChI=1S/C14H18N2/c1-10-3-2-4-14-13(10)7-12-6-5-11(8-15)9-16(12)14/h2-4,7,11H,5-6,8-9,15H2,1H3. The summed E-state index contributed by atoms with van der Waals surface area (Å²) in [6.07, 6.45) is 2.42. The largest absolute Gasteiger partial charge is 0.344 e. The SMILES string of the molecule is Cc1cccc2c1cc1n2CC(CN)CC1. The summed E-state index contributed by atoms with van der Waals surface area (Å²) in [7, 11) is 0. The number of rotatable bonds is 1. The van der Waals surface area contributed by atoms with Crippen molar-refractivity contribution in [2.45, 2.75) is 26.3 Å². The molecule has 2 heteroatoms. The fourth-order valence-electron chi connectivity index (χ4n) is 2.80. The fourth-order valence-corrected chi connectivity index (χ4v) is 2.80. The molecule has 0 saturated heterocycles. The van der Waals surface area contributed by atoms with E-state index in [-0.39, 0.29) is 0 Å². The van der Waals surface area contributed by atoms with Crippen LogP contribution in [0.2, 0.25) is 0 Å². The lowest BCUT2D eigenvalue weighted by molar-refractivity contribution is 0.385. The number of aryl methyl sites for hydroxylation is 2. The Kier molecular flexibility index (Phi) is 2.25. The Morgan fingerprint density at radius 2 is 2.31 bits per heavy atom. The molecule has 16 heavy (non-hydrogen) atoms. The van der Waals surface area contributed by atoms with Gasteiger partial charge in [0.25, 0.3) is 0 Å². The highest BCUT2D eigenvalue weighted by Crippen LogP contribution is 2.29. The van der Waals surface area contributed by atoms with Crippen LogP contribution in [0.15, 0.2) is 24.3 Å². The van der Waals surface area contributed by atoms with E-state index in [1.54, 1.807) is 0 Å². The highest BCUT2D eigenvalue weighted by Gasteiger charge is 2.19. The number of nitrogens with two attached hydrogens (primary N) is 1. The number of fused-ring (bicyclic) bond motifs is 3. The third-order valence-electron chi connectivity index (χ3n) is 3.83. The number of aromatic nitrogens is 1. The van der Waals surface area contributed by atoms with Gasteiger partial charge in [0.15, 0.2) is 0 Å². The second-order valence-corrected chi connectivity index (χ2v) is 4.89. The smallest absolute Gasteiger partial charge is 0.0485 e. The molecule has 1 aromatic heterocycles. The summed E-state index contributed by atoms with van der Waals surface area (Å²) in [6.45, 7) is 4.10. The molecule has 0 radical (unpaired) electrons. The molecule has 1 aliphatic heterocycles. The number of hydrogen-bond acceptors (Lipinski definition) is 1. The summed E-state index contributed by atoms with van der Waals surface area (Å²) < 4.78 is 2.46. The lowest BCUT2D eigenvalue weighted by Gasteiger charge is -2.24. The Labute approximate surface area is 96.1 Å². The van der Waals surface area contributed by atoms with Gasteiger partial charge in [-0.1, -0.05) is 12.1 Å². The first kappa shape index (κ1) is 9.91. The van der Waals surface area contributed by atoms with Crippen LogP contribution in [-0.4, -0.2) is 11.1 Å². The van der Waals surface area contributed by atoms with Crippen LogP contribution in [0.3, 0.4) is 0 Å². The van der Waals surface area contributed by atoms with E-state index in [0.29, 0.717) is 5.92 Å². The third-order valence-corrected chi connectivity index (χ3v) is 3.83. The Bertz CT molecular complexity index is 525. The van der Waals surface area contributed by atoms with Gasteiger partial charge in [-0.05, 0) is 49.9 Å². The maximum atomic E-state index is 5.79. The monoisotopic (exact) mass is 214 g/mol. The van der Waals surface area contributed by atoms with Crippen LogP contribution < -0.4 is 5.73 Å². The first-order valence-electron chi connectivity index (χ1n) is 6.07. The quantitative estimate of drug-likeness (QED) is 0.776. The van der Waals surface area contributed by atoms with Crippen LogP contribution in [0.5, 0.6) is 0 Å². The van der Waals surface area contributed by atoms with E-state index in [4.69, 9.17) is 5.73 Å². The van der Waals surface area contributed by atoms with Gasteiger partial charge >= 0.3 is 0 Å². The molecule has 84 valence electrons. The summed E-state index contributed by atoms with van der Waals surface area (Å²) in [5.74, 6) is 0.656. The van der Waals surface area contributed by atoms with E-state index in [9.17, 15) is 0 Å². The molecule has 0 saturated carbocycles. The van der Waals surface area contributed by atoms with Crippen molar-refractivity contribution < 1.29 is 0 Å². The Morgan fingerprint density at radius 1 is 1.44 bits per heavy atom.